The zero-order chi connectivity index (χ0) is 15.4. The first kappa shape index (κ1) is 14.9. The lowest BCUT2D eigenvalue weighted by Gasteiger charge is -2.01. The second-order valence-corrected chi connectivity index (χ2v) is 5.77. The molecule has 6 nitrogen and oxygen atoms in total. The van der Waals surface area contributed by atoms with Crippen molar-refractivity contribution in [2.75, 3.05) is 11.9 Å². The smallest absolute Gasteiger partial charge is 0.228 e. The van der Waals surface area contributed by atoms with Crippen LogP contribution < -0.4 is 5.32 Å². The summed E-state index contributed by atoms with van der Waals surface area (Å²) in [4.78, 5) is 12.6. The van der Waals surface area contributed by atoms with Crippen molar-refractivity contribution < 1.29 is 4.52 Å². The molecular formula is C14H11BrClN5O. The summed E-state index contributed by atoms with van der Waals surface area (Å²) < 4.78 is 6.06. The van der Waals surface area contributed by atoms with Crippen LogP contribution in [0.4, 0.5) is 5.95 Å². The van der Waals surface area contributed by atoms with E-state index >= 15 is 0 Å². The van der Waals surface area contributed by atoms with Crippen LogP contribution in [0, 0.1) is 0 Å². The van der Waals surface area contributed by atoms with Gasteiger partial charge in [-0.05, 0) is 40.2 Å². The molecule has 22 heavy (non-hydrogen) atoms. The van der Waals surface area contributed by atoms with E-state index in [2.05, 4.69) is 41.4 Å². The van der Waals surface area contributed by atoms with Gasteiger partial charge in [-0.2, -0.15) is 4.98 Å². The van der Waals surface area contributed by atoms with Gasteiger partial charge in [0.1, 0.15) is 0 Å². The van der Waals surface area contributed by atoms with Gasteiger partial charge in [0.25, 0.3) is 0 Å². The zero-order valence-corrected chi connectivity index (χ0v) is 13.7. The Morgan fingerprint density at radius 1 is 1.14 bits per heavy atom. The number of benzene rings is 1. The van der Waals surface area contributed by atoms with Crippen molar-refractivity contribution in [1.29, 1.82) is 0 Å². The van der Waals surface area contributed by atoms with Gasteiger partial charge in [-0.3, -0.25) is 0 Å². The molecular weight excluding hydrogens is 370 g/mol. The lowest BCUT2D eigenvalue weighted by atomic mass is 10.2. The predicted molar refractivity (Wildman–Crippen MR) is 86.7 cm³/mol. The summed E-state index contributed by atoms with van der Waals surface area (Å²) >= 11 is 9.14. The molecule has 1 N–H and O–H groups in total. The molecule has 0 unspecified atom stereocenters. The third-order valence-corrected chi connectivity index (χ3v) is 3.47. The number of aromatic nitrogens is 4. The highest BCUT2D eigenvalue weighted by molar-refractivity contribution is 9.10. The third kappa shape index (κ3) is 3.80. The molecule has 0 spiro atoms. The van der Waals surface area contributed by atoms with E-state index in [0.29, 0.717) is 35.7 Å². The molecule has 2 heterocycles. The first-order valence-electron chi connectivity index (χ1n) is 6.50. The van der Waals surface area contributed by atoms with Crippen molar-refractivity contribution in [2.24, 2.45) is 0 Å². The van der Waals surface area contributed by atoms with Crippen LogP contribution in [0.5, 0.6) is 0 Å². The van der Waals surface area contributed by atoms with Crippen LogP contribution in [-0.4, -0.2) is 26.7 Å². The maximum Gasteiger partial charge on any atom is 0.228 e. The molecule has 112 valence electrons. The molecule has 0 bridgehead atoms. The molecule has 0 aliphatic heterocycles. The average Bonchev–Trinajstić information content (AvgIpc) is 2.99. The van der Waals surface area contributed by atoms with E-state index < -0.39 is 0 Å². The van der Waals surface area contributed by atoms with Gasteiger partial charge in [0.2, 0.25) is 17.7 Å². The van der Waals surface area contributed by atoms with E-state index in [1.807, 2.05) is 12.1 Å². The zero-order valence-electron chi connectivity index (χ0n) is 11.3. The average molecular weight is 381 g/mol. The number of hydrogen-bond acceptors (Lipinski definition) is 6. The minimum absolute atomic E-state index is 0.548. The van der Waals surface area contributed by atoms with Gasteiger partial charge in [0.05, 0.1) is 4.47 Å². The van der Waals surface area contributed by atoms with Crippen LogP contribution in [0.15, 0.2) is 45.7 Å². The molecule has 0 saturated heterocycles. The van der Waals surface area contributed by atoms with Gasteiger partial charge < -0.3 is 9.84 Å². The standard InChI is InChI=1S/C14H11BrClN5O/c15-10-7-18-14(19-8-10)17-6-5-12-20-13(21-22-12)9-1-3-11(16)4-2-9/h1-4,7-8H,5-6H2,(H,17,18,19). The van der Waals surface area contributed by atoms with E-state index in [-0.39, 0.29) is 0 Å². The van der Waals surface area contributed by atoms with Crippen molar-refractivity contribution >= 4 is 33.5 Å². The van der Waals surface area contributed by atoms with E-state index in [1.54, 1.807) is 24.5 Å². The number of anilines is 1. The number of nitrogens with one attached hydrogen (secondary N) is 1. The van der Waals surface area contributed by atoms with Crippen molar-refractivity contribution in [2.45, 2.75) is 6.42 Å². The highest BCUT2D eigenvalue weighted by Crippen LogP contribution is 2.18. The van der Waals surface area contributed by atoms with E-state index in [1.165, 1.54) is 0 Å². The Bertz CT molecular complexity index is 745. The van der Waals surface area contributed by atoms with Gasteiger partial charge >= 0.3 is 0 Å². The van der Waals surface area contributed by atoms with E-state index in [0.717, 1.165) is 10.0 Å². The molecule has 0 aliphatic carbocycles. The molecule has 8 heteroatoms. The maximum atomic E-state index is 5.85. The van der Waals surface area contributed by atoms with Crippen LogP contribution in [0.2, 0.25) is 5.02 Å². The van der Waals surface area contributed by atoms with Crippen molar-refractivity contribution in [3.8, 4) is 11.4 Å². The largest absolute Gasteiger partial charge is 0.354 e. The summed E-state index contributed by atoms with van der Waals surface area (Å²) in [5, 5.41) is 7.72. The lowest BCUT2D eigenvalue weighted by molar-refractivity contribution is 0.381. The quantitative estimate of drug-likeness (QED) is 0.729. The molecule has 1 aromatic carbocycles. The summed E-state index contributed by atoms with van der Waals surface area (Å²) in [6.07, 6.45) is 3.95. The Kier molecular flexibility index (Phi) is 4.65. The number of hydrogen-bond donors (Lipinski definition) is 1. The van der Waals surface area contributed by atoms with Gasteiger partial charge in [0.15, 0.2) is 0 Å². The molecule has 0 atom stereocenters. The second-order valence-electron chi connectivity index (χ2n) is 4.42. The number of halogens is 2. The summed E-state index contributed by atoms with van der Waals surface area (Å²) in [6.45, 7) is 0.601. The SMILES string of the molecule is Clc1ccc(-c2noc(CCNc3ncc(Br)cn3)n2)cc1. The second kappa shape index (κ2) is 6.85. The van der Waals surface area contributed by atoms with Gasteiger partial charge in [-0.25, -0.2) is 9.97 Å². The normalized spacial score (nSPS) is 10.6. The number of rotatable bonds is 5. The van der Waals surface area contributed by atoms with Gasteiger partial charge in [0, 0.05) is 35.9 Å². The first-order chi connectivity index (χ1) is 10.7. The fraction of sp³-hybridized carbons (Fsp3) is 0.143. The van der Waals surface area contributed by atoms with Gasteiger partial charge in [-0.15, -0.1) is 0 Å². The fourth-order valence-electron chi connectivity index (χ4n) is 1.76. The topological polar surface area (TPSA) is 76.7 Å². The Morgan fingerprint density at radius 3 is 2.59 bits per heavy atom. The summed E-state index contributed by atoms with van der Waals surface area (Å²) in [5.74, 6) is 1.65. The maximum absolute atomic E-state index is 5.85. The van der Waals surface area contributed by atoms with Crippen molar-refractivity contribution in [3.05, 3.63) is 52.0 Å². The molecule has 0 fully saturated rings. The fourth-order valence-corrected chi connectivity index (χ4v) is 2.09. The Hall–Kier alpha value is -1.99. The first-order valence-corrected chi connectivity index (χ1v) is 7.68. The highest BCUT2D eigenvalue weighted by atomic mass is 79.9. The summed E-state index contributed by atoms with van der Waals surface area (Å²) in [6, 6.07) is 7.29. The van der Waals surface area contributed by atoms with Crippen LogP contribution in [0.25, 0.3) is 11.4 Å². The Balaban J connectivity index is 1.57. The molecule has 0 radical (unpaired) electrons. The van der Waals surface area contributed by atoms with Crippen LogP contribution >= 0.6 is 27.5 Å². The minimum Gasteiger partial charge on any atom is -0.354 e. The molecule has 2 aromatic heterocycles. The number of nitrogens with zero attached hydrogens (tertiary/aromatic N) is 4. The molecule has 3 aromatic rings. The summed E-state index contributed by atoms with van der Waals surface area (Å²) in [7, 11) is 0. The molecule has 0 aliphatic rings. The molecule has 0 saturated carbocycles. The van der Waals surface area contributed by atoms with Crippen LogP contribution in [0.1, 0.15) is 5.89 Å². The van der Waals surface area contributed by atoms with Crippen LogP contribution in [0.3, 0.4) is 0 Å². The monoisotopic (exact) mass is 379 g/mol. The highest BCUT2D eigenvalue weighted by Gasteiger charge is 2.08. The van der Waals surface area contributed by atoms with Crippen molar-refractivity contribution in [3.63, 3.8) is 0 Å². The van der Waals surface area contributed by atoms with Crippen LogP contribution in [-0.2, 0) is 6.42 Å². The lowest BCUT2D eigenvalue weighted by Crippen LogP contribution is -2.07. The Morgan fingerprint density at radius 2 is 1.86 bits per heavy atom. The van der Waals surface area contributed by atoms with Crippen molar-refractivity contribution in [1.82, 2.24) is 20.1 Å². The Labute approximate surface area is 140 Å². The van der Waals surface area contributed by atoms with E-state index in [9.17, 15) is 0 Å². The predicted octanol–water partition coefficient (Wildman–Crippen LogP) is 3.60. The third-order valence-electron chi connectivity index (χ3n) is 2.81. The van der Waals surface area contributed by atoms with E-state index in [4.69, 9.17) is 16.1 Å². The summed E-state index contributed by atoms with van der Waals surface area (Å²) in [5.41, 5.74) is 0.864. The molecule has 0 amide bonds. The van der Waals surface area contributed by atoms with Gasteiger partial charge in [-0.1, -0.05) is 16.8 Å². The molecule has 3 rings (SSSR count). The minimum atomic E-state index is 0.548.